The first-order valence-corrected chi connectivity index (χ1v) is 14.3. The average Bonchev–Trinajstić information content (AvgIpc) is 2.97. The molecule has 2 atom stereocenters. The van der Waals surface area contributed by atoms with Crippen LogP contribution in [0.4, 0.5) is 4.79 Å². The molecule has 1 saturated heterocycles. The third-order valence-corrected chi connectivity index (χ3v) is 8.07. The quantitative estimate of drug-likeness (QED) is 0.237. The number of aliphatic hydroxyl groups excluding tert-OH is 1. The molecule has 2 amide bonds. The third-order valence-electron chi connectivity index (χ3n) is 7.82. The van der Waals surface area contributed by atoms with Crippen LogP contribution in [-0.2, 0) is 10.2 Å². The van der Waals surface area contributed by atoms with Gasteiger partial charge in [-0.25, -0.2) is 4.79 Å². The van der Waals surface area contributed by atoms with Crippen LogP contribution in [0, 0.1) is 0 Å². The van der Waals surface area contributed by atoms with E-state index in [2.05, 4.69) is 39.8 Å². The molecular formula is C32H38ClN3O4. The van der Waals surface area contributed by atoms with E-state index in [1.54, 1.807) is 0 Å². The number of hydrogen-bond donors (Lipinski definition) is 4. The molecule has 8 heteroatoms. The third kappa shape index (κ3) is 7.84. The SMILES string of the molecule is O=C(O)CCNC(=O)NCC(CCCN1CCC(O)CC1c1ccc(Cl)cc1)(c1ccccc1)c1ccccc1. The lowest BCUT2D eigenvalue weighted by Crippen LogP contribution is -2.46. The molecule has 3 aromatic rings. The molecule has 4 rings (SSSR count). The van der Waals surface area contributed by atoms with E-state index in [1.165, 1.54) is 0 Å². The molecule has 0 spiro atoms. The average molecular weight is 564 g/mol. The van der Waals surface area contributed by atoms with Crippen molar-refractivity contribution >= 4 is 23.6 Å². The lowest BCUT2D eigenvalue weighted by atomic mass is 9.71. The molecule has 0 bridgehead atoms. The summed E-state index contributed by atoms with van der Waals surface area (Å²) in [5.41, 5.74) is 2.88. The lowest BCUT2D eigenvalue weighted by Gasteiger charge is -2.40. The van der Waals surface area contributed by atoms with E-state index in [0.717, 1.165) is 49.0 Å². The fourth-order valence-electron chi connectivity index (χ4n) is 5.72. The van der Waals surface area contributed by atoms with Crippen LogP contribution < -0.4 is 10.6 Å². The molecule has 4 N–H and O–H groups in total. The van der Waals surface area contributed by atoms with Gasteiger partial charge in [0, 0.05) is 36.1 Å². The second-order valence-corrected chi connectivity index (χ2v) is 10.9. The Bertz CT molecular complexity index is 1180. The minimum Gasteiger partial charge on any atom is -0.481 e. The van der Waals surface area contributed by atoms with Gasteiger partial charge >= 0.3 is 12.0 Å². The van der Waals surface area contributed by atoms with Crippen molar-refractivity contribution in [1.82, 2.24) is 15.5 Å². The van der Waals surface area contributed by atoms with Gasteiger partial charge in [0.25, 0.3) is 0 Å². The monoisotopic (exact) mass is 563 g/mol. The van der Waals surface area contributed by atoms with Crippen LogP contribution in [0.1, 0.15) is 54.8 Å². The number of hydrogen-bond acceptors (Lipinski definition) is 4. The molecule has 7 nitrogen and oxygen atoms in total. The van der Waals surface area contributed by atoms with Gasteiger partial charge in [-0.05, 0) is 61.1 Å². The highest BCUT2D eigenvalue weighted by atomic mass is 35.5. The number of urea groups is 1. The van der Waals surface area contributed by atoms with Gasteiger partial charge in [0.15, 0.2) is 0 Å². The minimum atomic E-state index is -0.953. The Morgan fingerprint density at radius 3 is 2.15 bits per heavy atom. The molecule has 1 heterocycles. The van der Waals surface area contributed by atoms with Crippen LogP contribution in [0.3, 0.4) is 0 Å². The Balaban J connectivity index is 1.55. The number of carbonyl (C=O) groups excluding carboxylic acids is 1. The number of amides is 2. The van der Waals surface area contributed by atoms with Crippen molar-refractivity contribution < 1.29 is 19.8 Å². The van der Waals surface area contributed by atoms with E-state index in [-0.39, 0.29) is 31.1 Å². The molecule has 0 aliphatic carbocycles. The number of likely N-dealkylation sites (tertiary alicyclic amines) is 1. The van der Waals surface area contributed by atoms with Gasteiger partial charge in [0.05, 0.1) is 12.5 Å². The topological polar surface area (TPSA) is 102 Å². The smallest absolute Gasteiger partial charge is 0.314 e. The van der Waals surface area contributed by atoms with Crippen LogP contribution in [0.2, 0.25) is 5.02 Å². The van der Waals surface area contributed by atoms with Crippen molar-refractivity contribution in [3.63, 3.8) is 0 Å². The summed E-state index contributed by atoms with van der Waals surface area (Å²) in [6, 6.07) is 28.1. The van der Waals surface area contributed by atoms with Crippen LogP contribution in [-0.4, -0.2) is 59.4 Å². The Labute approximate surface area is 241 Å². The molecule has 212 valence electrons. The summed E-state index contributed by atoms with van der Waals surface area (Å²) < 4.78 is 0. The van der Waals surface area contributed by atoms with Gasteiger partial charge in [0.2, 0.25) is 0 Å². The van der Waals surface area contributed by atoms with Crippen molar-refractivity contribution in [3.05, 3.63) is 107 Å². The van der Waals surface area contributed by atoms with Crippen LogP contribution in [0.25, 0.3) is 0 Å². The predicted octanol–water partition coefficient (Wildman–Crippen LogP) is 5.38. The van der Waals surface area contributed by atoms with Gasteiger partial charge in [0.1, 0.15) is 0 Å². The van der Waals surface area contributed by atoms with Crippen molar-refractivity contribution in [3.8, 4) is 0 Å². The molecule has 0 radical (unpaired) electrons. The van der Waals surface area contributed by atoms with Crippen LogP contribution in [0.5, 0.6) is 0 Å². The number of piperidine rings is 1. The molecule has 1 aliphatic rings. The largest absolute Gasteiger partial charge is 0.481 e. The van der Waals surface area contributed by atoms with E-state index in [1.807, 2.05) is 60.7 Å². The number of carboxylic acids is 1. The van der Waals surface area contributed by atoms with Crippen molar-refractivity contribution in [2.45, 2.75) is 49.7 Å². The van der Waals surface area contributed by atoms with E-state index < -0.39 is 11.4 Å². The van der Waals surface area contributed by atoms with E-state index in [9.17, 15) is 14.7 Å². The summed E-state index contributed by atoms with van der Waals surface area (Å²) in [7, 11) is 0. The Morgan fingerprint density at radius 2 is 1.55 bits per heavy atom. The Hall–Kier alpha value is -3.39. The maximum Gasteiger partial charge on any atom is 0.314 e. The predicted molar refractivity (Wildman–Crippen MR) is 158 cm³/mol. The van der Waals surface area contributed by atoms with E-state index in [0.29, 0.717) is 18.0 Å². The van der Waals surface area contributed by atoms with Gasteiger partial charge in [-0.1, -0.05) is 84.4 Å². The number of rotatable bonds is 12. The van der Waals surface area contributed by atoms with Crippen molar-refractivity contribution in [2.75, 3.05) is 26.2 Å². The fraction of sp³-hybridized carbons (Fsp3) is 0.375. The number of carbonyl (C=O) groups is 2. The first-order chi connectivity index (χ1) is 19.4. The number of halogens is 1. The summed E-state index contributed by atoms with van der Waals surface area (Å²) in [6.07, 6.45) is 2.62. The van der Waals surface area contributed by atoms with Crippen molar-refractivity contribution in [1.29, 1.82) is 0 Å². The highest BCUT2D eigenvalue weighted by Gasteiger charge is 2.35. The second-order valence-electron chi connectivity index (χ2n) is 10.5. The molecular weight excluding hydrogens is 526 g/mol. The zero-order chi connectivity index (χ0) is 28.4. The Morgan fingerprint density at radius 1 is 0.925 bits per heavy atom. The first-order valence-electron chi connectivity index (χ1n) is 13.9. The summed E-state index contributed by atoms with van der Waals surface area (Å²) in [5, 5.41) is 25.7. The minimum absolute atomic E-state index is 0.0672. The molecule has 1 fully saturated rings. The normalized spacial score (nSPS) is 17.8. The number of carboxylic acid groups (broad SMARTS) is 1. The zero-order valence-electron chi connectivity index (χ0n) is 22.6. The number of benzene rings is 3. The second kappa shape index (κ2) is 14.3. The van der Waals surface area contributed by atoms with Crippen molar-refractivity contribution in [2.24, 2.45) is 0 Å². The van der Waals surface area contributed by atoms with Crippen LogP contribution in [0.15, 0.2) is 84.9 Å². The number of nitrogens with one attached hydrogen (secondary N) is 2. The highest BCUT2D eigenvalue weighted by molar-refractivity contribution is 6.30. The molecule has 0 aromatic heterocycles. The summed E-state index contributed by atoms with van der Waals surface area (Å²) in [5.74, 6) is -0.953. The fourth-order valence-corrected chi connectivity index (χ4v) is 5.84. The van der Waals surface area contributed by atoms with Gasteiger partial charge < -0.3 is 20.8 Å². The first kappa shape index (κ1) is 29.6. The van der Waals surface area contributed by atoms with Gasteiger partial charge in [-0.3, -0.25) is 9.69 Å². The van der Waals surface area contributed by atoms with E-state index in [4.69, 9.17) is 16.7 Å². The molecule has 0 saturated carbocycles. The molecule has 1 aliphatic heterocycles. The zero-order valence-corrected chi connectivity index (χ0v) is 23.4. The molecule has 40 heavy (non-hydrogen) atoms. The maximum absolute atomic E-state index is 12.7. The van der Waals surface area contributed by atoms with Gasteiger partial charge in [-0.15, -0.1) is 0 Å². The molecule has 2 unspecified atom stereocenters. The summed E-state index contributed by atoms with van der Waals surface area (Å²) in [6.45, 7) is 2.08. The molecule has 3 aromatic carbocycles. The standard InChI is InChI=1S/C32H38ClN3O4/c33-27-14-12-24(13-15-27)29-22-28(37)17-21-36(29)20-7-18-32(25-8-3-1-4-9-25,26-10-5-2-6-11-26)23-35-31(40)34-19-16-30(38)39/h1-6,8-15,28-29,37H,7,16-23H2,(H,38,39)(H2,34,35,40). The number of nitrogens with zero attached hydrogens (tertiary/aromatic N) is 1. The van der Waals surface area contributed by atoms with E-state index >= 15 is 0 Å². The highest BCUT2D eigenvalue weighted by Crippen LogP contribution is 2.38. The lowest BCUT2D eigenvalue weighted by molar-refractivity contribution is -0.136. The van der Waals surface area contributed by atoms with Gasteiger partial charge in [-0.2, -0.15) is 0 Å². The summed E-state index contributed by atoms with van der Waals surface area (Å²) in [4.78, 5) is 26.0. The number of aliphatic carboxylic acids is 1. The number of aliphatic hydroxyl groups is 1. The maximum atomic E-state index is 12.7. The Kier molecular flexibility index (Phi) is 10.6. The summed E-state index contributed by atoms with van der Waals surface area (Å²) >= 11 is 6.14. The van der Waals surface area contributed by atoms with Crippen LogP contribution >= 0.6 is 11.6 Å².